The van der Waals surface area contributed by atoms with Crippen molar-refractivity contribution in [3.8, 4) is 0 Å². The first-order valence-electron chi connectivity index (χ1n) is 12.2. The summed E-state index contributed by atoms with van der Waals surface area (Å²) in [4.78, 5) is 2.28. The number of ether oxygens (including phenoxy) is 4. The molecule has 2 aromatic carbocycles. The molecule has 0 saturated carbocycles. The summed E-state index contributed by atoms with van der Waals surface area (Å²) >= 11 is 3.43. The van der Waals surface area contributed by atoms with Gasteiger partial charge in [0.1, 0.15) is 0 Å². The molecular formula is C26H34BrN3O4. The van der Waals surface area contributed by atoms with Gasteiger partial charge in [0.15, 0.2) is 12.6 Å². The van der Waals surface area contributed by atoms with E-state index in [4.69, 9.17) is 18.9 Å². The fraction of sp³-hybridized carbons (Fsp3) is 0.538. The molecule has 2 heterocycles. The van der Waals surface area contributed by atoms with Crippen molar-refractivity contribution in [1.29, 1.82) is 0 Å². The van der Waals surface area contributed by atoms with E-state index in [-0.39, 0.29) is 12.6 Å². The number of halogens is 1. The van der Waals surface area contributed by atoms with E-state index in [9.17, 15) is 0 Å². The normalized spacial score (nSPS) is 21.1. The van der Waals surface area contributed by atoms with Crippen molar-refractivity contribution in [2.24, 2.45) is 10.2 Å². The first-order valence-corrected chi connectivity index (χ1v) is 13.0. The van der Waals surface area contributed by atoms with Gasteiger partial charge in [0, 0.05) is 36.5 Å². The first-order chi connectivity index (χ1) is 16.8. The van der Waals surface area contributed by atoms with Gasteiger partial charge >= 0.3 is 0 Å². The van der Waals surface area contributed by atoms with Crippen LogP contribution in [-0.2, 0) is 18.9 Å². The molecule has 0 spiro atoms. The van der Waals surface area contributed by atoms with Crippen LogP contribution in [0.2, 0.25) is 0 Å². The lowest BCUT2D eigenvalue weighted by Crippen LogP contribution is -2.34. The van der Waals surface area contributed by atoms with Crippen LogP contribution in [0.15, 0.2) is 63.2 Å². The highest BCUT2D eigenvalue weighted by Gasteiger charge is 2.17. The monoisotopic (exact) mass is 531 g/mol. The van der Waals surface area contributed by atoms with E-state index < -0.39 is 0 Å². The molecule has 2 unspecified atom stereocenters. The minimum Gasteiger partial charge on any atom is -0.367 e. The van der Waals surface area contributed by atoms with E-state index >= 15 is 0 Å². The summed E-state index contributed by atoms with van der Waals surface area (Å²) in [6.07, 6.45) is 6.36. The molecule has 7 nitrogen and oxygen atoms in total. The van der Waals surface area contributed by atoms with Crippen LogP contribution < -0.4 is 4.90 Å². The van der Waals surface area contributed by atoms with Crippen molar-refractivity contribution >= 4 is 33.0 Å². The Bertz CT molecular complexity index is 843. The molecule has 2 saturated heterocycles. The van der Waals surface area contributed by atoms with Crippen LogP contribution in [0.25, 0.3) is 0 Å². The lowest BCUT2D eigenvalue weighted by atomic mass is 10.2. The standard InChI is InChI=1S/C26H34BrN3O4/c27-21-7-9-22(10-8-21)28-29-23-11-13-24(14-12-23)30(15-19-33-25-5-1-3-17-31-25)16-20-34-26-6-2-4-18-32-26/h7-14,25-26H,1-6,15-20H2. The third kappa shape index (κ3) is 8.43. The molecule has 34 heavy (non-hydrogen) atoms. The molecule has 0 bridgehead atoms. The second-order valence-electron chi connectivity index (χ2n) is 8.51. The number of azo groups is 1. The van der Waals surface area contributed by atoms with Crippen LogP contribution >= 0.6 is 15.9 Å². The Morgan fingerprint density at radius 2 is 1.24 bits per heavy atom. The number of anilines is 1. The van der Waals surface area contributed by atoms with Gasteiger partial charge in [-0.3, -0.25) is 0 Å². The highest BCUT2D eigenvalue weighted by atomic mass is 79.9. The minimum absolute atomic E-state index is 0.0797. The van der Waals surface area contributed by atoms with Crippen molar-refractivity contribution in [3.63, 3.8) is 0 Å². The Kier molecular flexibility index (Phi) is 10.3. The Morgan fingerprint density at radius 3 is 1.71 bits per heavy atom. The van der Waals surface area contributed by atoms with Gasteiger partial charge in [0.25, 0.3) is 0 Å². The average Bonchev–Trinajstić information content (AvgIpc) is 2.89. The van der Waals surface area contributed by atoms with Crippen molar-refractivity contribution in [2.75, 3.05) is 44.4 Å². The van der Waals surface area contributed by atoms with Crippen LogP contribution in [0.1, 0.15) is 38.5 Å². The number of hydrogen-bond acceptors (Lipinski definition) is 7. The number of benzene rings is 2. The molecule has 2 fully saturated rings. The van der Waals surface area contributed by atoms with Gasteiger partial charge in [-0.15, -0.1) is 0 Å². The van der Waals surface area contributed by atoms with E-state index in [2.05, 4.69) is 43.2 Å². The maximum absolute atomic E-state index is 5.98. The lowest BCUT2D eigenvalue weighted by molar-refractivity contribution is -0.162. The van der Waals surface area contributed by atoms with Crippen molar-refractivity contribution in [1.82, 2.24) is 0 Å². The third-order valence-corrected chi connectivity index (χ3v) is 6.46. The second-order valence-corrected chi connectivity index (χ2v) is 9.43. The third-order valence-electron chi connectivity index (χ3n) is 5.93. The summed E-state index contributed by atoms with van der Waals surface area (Å²) in [6, 6.07) is 15.9. The maximum Gasteiger partial charge on any atom is 0.157 e. The van der Waals surface area contributed by atoms with Crippen LogP contribution in [0.4, 0.5) is 17.1 Å². The molecule has 184 valence electrons. The summed E-state index contributed by atoms with van der Waals surface area (Å²) in [5.41, 5.74) is 2.73. The zero-order valence-corrected chi connectivity index (χ0v) is 21.2. The molecule has 2 atom stereocenters. The molecule has 8 heteroatoms. The Hall–Kier alpha value is -1.84. The van der Waals surface area contributed by atoms with Crippen molar-refractivity contribution in [3.05, 3.63) is 53.0 Å². The highest BCUT2D eigenvalue weighted by Crippen LogP contribution is 2.24. The number of hydrogen-bond donors (Lipinski definition) is 0. The highest BCUT2D eigenvalue weighted by molar-refractivity contribution is 9.10. The second kappa shape index (κ2) is 13.9. The van der Waals surface area contributed by atoms with Gasteiger partial charge in [-0.1, -0.05) is 15.9 Å². The van der Waals surface area contributed by atoms with Crippen molar-refractivity contribution in [2.45, 2.75) is 51.1 Å². The van der Waals surface area contributed by atoms with Crippen LogP contribution in [0.5, 0.6) is 0 Å². The topological polar surface area (TPSA) is 64.9 Å². The molecule has 4 rings (SSSR count). The maximum atomic E-state index is 5.98. The van der Waals surface area contributed by atoms with Gasteiger partial charge < -0.3 is 23.8 Å². The molecule has 2 aliphatic heterocycles. The first kappa shape index (κ1) is 25.3. The quantitative estimate of drug-likeness (QED) is 0.299. The van der Waals surface area contributed by atoms with E-state index in [1.54, 1.807) is 0 Å². The van der Waals surface area contributed by atoms with E-state index in [1.807, 2.05) is 36.4 Å². The molecule has 2 aliphatic rings. The van der Waals surface area contributed by atoms with Crippen LogP contribution in [0, 0.1) is 0 Å². The molecule has 2 aromatic rings. The van der Waals surface area contributed by atoms with E-state index in [0.717, 1.165) is 73.5 Å². The number of rotatable bonds is 11. The fourth-order valence-corrected chi connectivity index (χ4v) is 4.26. The summed E-state index contributed by atoms with van der Waals surface area (Å²) in [6.45, 7) is 4.31. The summed E-state index contributed by atoms with van der Waals surface area (Å²) in [7, 11) is 0. The van der Waals surface area contributed by atoms with Gasteiger partial charge in [-0.2, -0.15) is 10.2 Å². The van der Waals surface area contributed by atoms with Crippen LogP contribution in [-0.4, -0.2) is 52.1 Å². The largest absolute Gasteiger partial charge is 0.367 e. The van der Waals surface area contributed by atoms with E-state index in [0.29, 0.717) is 13.2 Å². The van der Waals surface area contributed by atoms with Gasteiger partial charge in [-0.05, 0) is 87.1 Å². The predicted molar refractivity (Wildman–Crippen MR) is 136 cm³/mol. The summed E-state index contributed by atoms with van der Waals surface area (Å²) in [5, 5.41) is 8.68. The Labute approximate surface area is 210 Å². The molecule has 0 radical (unpaired) electrons. The molecule has 0 N–H and O–H groups in total. The fourth-order valence-electron chi connectivity index (χ4n) is 4.00. The summed E-state index contributed by atoms with van der Waals surface area (Å²) < 4.78 is 24.4. The Balaban J connectivity index is 1.33. The van der Waals surface area contributed by atoms with Crippen LogP contribution in [0.3, 0.4) is 0 Å². The predicted octanol–water partition coefficient (Wildman–Crippen LogP) is 6.76. The molecule has 0 aromatic heterocycles. The summed E-state index contributed by atoms with van der Waals surface area (Å²) in [5.74, 6) is 0. The Morgan fingerprint density at radius 1 is 0.735 bits per heavy atom. The smallest absolute Gasteiger partial charge is 0.157 e. The zero-order chi connectivity index (χ0) is 23.4. The van der Waals surface area contributed by atoms with E-state index in [1.165, 1.54) is 12.8 Å². The molecule has 0 aliphatic carbocycles. The van der Waals surface area contributed by atoms with Gasteiger partial charge in [-0.25, -0.2) is 0 Å². The van der Waals surface area contributed by atoms with Crippen molar-refractivity contribution < 1.29 is 18.9 Å². The average molecular weight is 532 g/mol. The lowest BCUT2D eigenvalue weighted by Gasteiger charge is -2.29. The minimum atomic E-state index is -0.0797. The SMILES string of the molecule is Brc1ccc(N=Nc2ccc(N(CCOC3CCCCO3)CCOC3CCCCO3)cc2)cc1. The molecule has 0 amide bonds. The molecular weight excluding hydrogens is 498 g/mol. The van der Waals surface area contributed by atoms with Gasteiger partial charge in [0.05, 0.1) is 24.6 Å². The number of nitrogens with zero attached hydrogens (tertiary/aromatic N) is 3. The van der Waals surface area contributed by atoms with Gasteiger partial charge in [0.2, 0.25) is 0 Å². The zero-order valence-electron chi connectivity index (χ0n) is 19.6.